The second-order valence-electron chi connectivity index (χ2n) is 7.46. The average molecular weight is 446 g/mol. The number of rotatable bonds is 4. The third-order valence-electron chi connectivity index (χ3n) is 5.57. The molecule has 0 atom stereocenters. The van der Waals surface area contributed by atoms with Gasteiger partial charge in [-0.1, -0.05) is 0 Å². The van der Waals surface area contributed by atoms with Crippen molar-refractivity contribution in [3.8, 4) is 0 Å². The number of imidazole rings is 1. The molecular weight excluding hydrogens is 424 g/mol. The third-order valence-corrected chi connectivity index (χ3v) is 7.17. The van der Waals surface area contributed by atoms with Crippen molar-refractivity contribution in [1.29, 1.82) is 0 Å². The third kappa shape index (κ3) is 3.76. The van der Waals surface area contributed by atoms with E-state index in [1.54, 1.807) is 37.2 Å². The molecule has 1 aliphatic heterocycles. The SMILES string of the molecule is Cn1c(=O)n(C)c2cc(S(=O)(=O)CC(=O)N3CCN(C(=O)c4ccco4)CC3)ccc21. The number of amides is 2. The number of hydrogen-bond acceptors (Lipinski definition) is 6. The topological polar surface area (TPSA) is 115 Å². The summed E-state index contributed by atoms with van der Waals surface area (Å²) in [6, 6.07) is 7.59. The molecule has 1 fully saturated rings. The van der Waals surface area contributed by atoms with Crippen molar-refractivity contribution < 1.29 is 22.4 Å². The molecule has 0 aliphatic carbocycles. The van der Waals surface area contributed by atoms with Crippen molar-refractivity contribution >= 4 is 32.7 Å². The minimum atomic E-state index is -3.90. The number of sulfone groups is 1. The van der Waals surface area contributed by atoms with Gasteiger partial charge in [-0.25, -0.2) is 13.2 Å². The van der Waals surface area contributed by atoms with E-state index in [9.17, 15) is 22.8 Å². The van der Waals surface area contributed by atoms with E-state index in [-0.39, 0.29) is 35.3 Å². The van der Waals surface area contributed by atoms with Crippen molar-refractivity contribution in [2.45, 2.75) is 4.90 Å². The number of aromatic nitrogens is 2. The lowest BCUT2D eigenvalue weighted by Gasteiger charge is -2.34. The zero-order chi connectivity index (χ0) is 22.3. The zero-order valence-electron chi connectivity index (χ0n) is 17.1. The van der Waals surface area contributed by atoms with Crippen molar-refractivity contribution in [1.82, 2.24) is 18.9 Å². The van der Waals surface area contributed by atoms with Gasteiger partial charge in [0.25, 0.3) is 5.91 Å². The summed E-state index contributed by atoms with van der Waals surface area (Å²) in [5.41, 5.74) is 0.823. The normalized spacial score (nSPS) is 14.9. The smallest absolute Gasteiger partial charge is 0.328 e. The van der Waals surface area contributed by atoms with Gasteiger partial charge in [0.15, 0.2) is 15.6 Å². The molecule has 1 aromatic carbocycles. The molecule has 0 radical (unpaired) electrons. The number of carbonyl (C=O) groups excluding carboxylic acids is 2. The van der Waals surface area contributed by atoms with Gasteiger partial charge in [0.2, 0.25) is 5.91 Å². The van der Waals surface area contributed by atoms with Crippen molar-refractivity contribution in [2.75, 3.05) is 31.9 Å². The van der Waals surface area contributed by atoms with Gasteiger partial charge in [0.05, 0.1) is 22.2 Å². The first-order valence-corrected chi connectivity index (χ1v) is 11.3. The van der Waals surface area contributed by atoms with Crippen LogP contribution in [0.1, 0.15) is 10.6 Å². The van der Waals surface area contributed by atoms with E-state index >= 15 is 0 Å². The fraction of sp³-hybridized carbons (Fsp3) is 0.350. The summed E-state index contributed by atoms with van der Waals surface area (Å²) >= 11 is 0. The Bertz CT molecular complexity index is 1310. The van der Waals surface area contributed by atoms with Gasteiger partial charge in [0.1, 0.15) is 5.75 Å². The molecule has 4 rings (SSSR count). The van der Waals surface area contributed by atoms with Crippen LogP contribution in [0.4, 0.5) is 0 Å². The Kier molecular flexibility index (Phi) is 5.21. The van der Waals surface area contributed by atoms with Crippen LogP contribution in [0.2, 0.25) is 0 Å². The summed E-state index contributed by atoms with van der Waals surface area (Å²) in [6.45, 7) is 1.08. The molecule has 10 nitrogen and oxygen atoms in total. The number of benzene rings is 1. The van der Waals surface area contributed by atoms with Crippen molar-refractivity contribution in [3.63, 3.8) is 0 Å². The first kappa shape index (κ1) is 20.9. The highest BCUT2D eigenvalue weighted by atomic mass is 32.2. The van der Waals surface area contributed by atoms with E-state index in [1.165, 1.54) is 32.4 Å². The summed E-state index contributed by atoms with van der Waals surface area (Å²) in [5, 5.41) is 0. The van der Waals surface area contributed by atoms with Crippen LogP contribution in [0.3, 0.4) is 0 Å². The molecule has 164 valence electrons. The van der Waals surface area contributed by atoms with E-state index in [0.717, 1.165) is 0 Å². The average Bonchev–Trinajstić information content (AvgIpc) is 3.37. The van der Waals surface area contributed by atoms with E-state index in [0.29, 0.717) is 24.1 Å². The Hall–Kier alpha value is -3.34. The largest absolute Gasteiger partial charge is 0.459 e. The molecule has 0 spiro atoms. The van der Waals surface area contributed by atoms with Crippen LogP contribution in [-0.2, 0) is 28.7 Å². The lowest BCUT2D eigenvalue weighted by molar-refractivity contribution is -0.129. The highest BCUT2D eigenvalue weighted by Gasteiger charge is 2.29. The highest BCUT2D eigenvalue weighted by Crippen LogP contribution is 2.19. The minimum Gasteiger partial charge on any atom is -0.459 e. The number of carbonyl (C=O) groups is 2. The predicted molar refractivity (Wildman–Crippen MR) is 111 cm³/mol. The summed E-state index contributed by atoms with van der Waals surface area (Å²) < 4.78 is 33.6. The Balaban J connectivity index is 1.45. The fourth-order valence-corrected chi connectivity index (χ4v) is 4.97. The standard InChI is InChI=1S/C20H22N4O6S/c1-21-15-6-5-14(12-16(15)22(2)20(21)27)31(28,29)13-18(25)23-7-9-24(10-8-23)19(26)17-4-3-11-30-17/h3-6,11-12H,7-10,13H2,1-2H3. The van der Waals surface area contributed by atoms with Crippen LogP contribution in [-0.4, -0.2) is 71.1 Å². The molecule has 0 bridgehead atoms. The number of fused-ring (bicyclic) bond motifs is 1. The molecule has 0 saturated carbocycles. The first-order valence-electron chi connectivity index (χ1n) is 9.68. The van der Waals surface area contributed by atoms with Gasteiger partial charge >= 0.3 is 5.69 Å². The number of furan rings is 1. The molecule has 11 heteroatoms. The molecule has 1 aliphatic rings. The summed E-state index contributed by atoms with van der Waals surface area (Å²) in [6.07, 6.45) is 1.42. The highest BCUT2D eigenvalue weighted by molar-refractivity contribution is 7.92. The van der Waals surface area contributed by atoms with E-state index in [4.69, 9.17) is 4.42 Å². The van der Waals surface area contributed by atoms with Gasteiger partial charge in [-0.05, 0) is 30.3 Å². The quantitative estimate of drug-likeness (QED) is 0.567. The van der Waals surface area contributed by atoms with Gasteiger partial charge in [0, 0.05) is 40.3 Å². The number of nitrogens with zero attached hydrogens (tertiary/aromatic N) is 4. The van der Waals surface area contributed by atoms with Crippen LogP contribution >= 0.6 is 0 Å². The number of hydrogen-bond donors (Lipinski definition) is 0. The van der Waals surface area contributed by atoms with Crippen LogP contribution in [0, 0.1) is 0 Å². The fourth-order valence-electron chi connectivity index (χ4n) is 3.73. The van der Waals surface area contributed by atoms with Crippen LogP contribution in [0.5, 0.6) is 0 Å². The molecule has 2 aromatic heterocycles. The molecule has 0 unspecified atom stereocenters. The molecule has 1 saturated heterocycles. The maximum absolute atomic E-state index is 12.8. The van der Waals surface area contributed by atoms with Crippen LogP contribution in [0.15, 0.2) is 50.7 Å². The first-order chi connectivity index (χ1) is 14.7. The minimum absolute atomic E-state index is 0.0128. The number of aryl methyl sites for hydroxylation is 2. The van der Waals surface area contributed by atoms with Crippen LogP contribution < -0.4 is 5.69 Å². The van der Waals surface area contributed by atoms with Gasteiger partial charge < -0.3 is 14.2 Å². The molecule has 3 heterocycles. The Morgan fingerprint density at radius 2 is 1.61 bits per heavy atom. The maximum atomic E-state index is 12.8. The van der Waals surface area contributed by atoms with Crippen LogP contribution in [0.25, 0.3) is 11.0 Å². The zero-order valence-corrected chi connectivity index (χ0v) is 18.0. The molecule has 0 N–H and O–H groups in total. The Morgan fingerprint density at radius 3 is 2.26 bits per heavy atom. The summed E-state index contributed by atoms with van der Waals surface area (Å²) in [7, 11) is -0.722. The lowest BCUT2D eigenvalue weighted by Crippen LogP contribution is -2.51. The maximum Gasteiger partial charge on any atom is 0.328 e. The van der Waals surface area contributed by atoms with E-state index < -0.39 is 21.5 Å². The van der Waals surface area contributed by atoms with Gasteiger partial charge in [-0.15, -0.1) is 0 Å². The van der Waals surface area contributed by atoms with Crippen molar-refractivity contribution in [3.05, 3.63) is 52.8 Å². The predicted octanol–water partition coefficient (Wildman–Crippen LogP) is 0.228. The summed E-state index contributed by atoms with van der Waals surface area (Å²) in [5.74, 6) is -1.22. The molecule has 31 heavy (non-hydrogen) atoms. The second-order valence-corrected chi connectivity index (χ2v) is 9.45. The molecular formula is C20H22N4O6S. The second kappa shape index (κ2) is 7.73. The van der Waals surface area contributed by atoms with Crippen molar-refractivity contribution in [2.24, 2.45) is 14.1 Å². The Labute approximate surface area is 178 Å². The molecule has 2 amide bonds. The monoisotopic (exact) mass is 446 g/mol. The van der Waals surface area contributed by atoms with Gasteiger partial charge in [-0.2, -0.15) is 0 Å². The van der Waals surface area contributed by atoms with E-state index in [2.05, 4.69) is 0 Å². The Morgan fingerprint density at radius 1 is 0.968 bits per heavy atom. The molecule has 3 aromatic rings. The van der Waals surface area contributed by atoms with Gasteiger partial charge in [-0.3, -0.25) is 18.7 Å². The lowest BCUT2D eigenvalue weighted by atomic mass is 10.3. The summed E-state index contributed by atoms with van der Waals surface area (Å²) in [4.78, 5) is 40.0. The number of piperazine rings is 1. The van der Waals surface area contributed by atoms with E-state index in [1.807, 2.05) is 0 Å².